The molecule has 0 aromatic heterocycles. The van der Waals surface area contributed by atoms with Crippen LogP contribution in [-0.2, 0) is 9.84 Å². The average molecular weight is 320 g/mol. The first kappa shape index (κ1) is 16.4. The van der Waals surface area contributed by atoms with Gasteiger partial charge in [-0.15, -0.1) is 0 Å². The van der Waals surface area contributed by atoms with Crippen LogP contribution >= 0.6 is 0 Å². The van der Waals surface area contributed by atoms with E-state index in [1.165, 1.54) is 36.4 Å². The van der Waals surface area contributed by atoms with Crippen LogP contribution in [0.2, 0.25) is 0 Å². The smallest absolute Gasteiger partial charge is 0.206 e. The first-order valence-electron chi connectivity index (χ1n) is 7.16. The van der Waals surface area contributed by atoms with E-state index in [1.807, 2.05) is 0 Å². The molecule has 22 heavy (non-hydrogen) atoms. The van der Waals surface area contributed by atoms with E-state index in [0.717, 1.165) is 6.42 Å². The zero-order valence-corrected chi connectivity index (χ0v) is 13.5. The highest BCUT2D eigenvalue weighted by atomic mass is 32.2. The Morgan fingerprint density at radius 3 is 1.95 bits per heavy atom. The fourth-order valence-electron chi connectivity index (χ4n) is 1.89. The predicted octanol–water partition coefficient (Wildman–Crippen LogP) is 3.65. The summed E-state index contributed by atoms with van der Waals surface area (Å²) >= 11 is 0. The minimum Gasteiger partial charge on any atom is -0.508 e. The monoisotopic (exact) mass is 320 g/mol. The number of sulfone groups is 1. The fraction of sp³-hybridized carbons (Fsp3) is 0.294. The lowest BCUT2D eigenvalue weighted by molar-refractivity contribution is 0.289. The van der Waals surface area contributed by atoms with Gasteiger partial charge in [0.2, 0.25) is 9.84 Å². The largest absolute Gasteiger partial charge is 0.508 e. The third kappa shape index (κ3) is 4.01. The minimum absolute atomic E-state index is 0.0350. The van der Waals surface area contributed by atoms with Gasteiger partial charge in [-0.2, -0.15) is 0 Å². The standard InChI is InChI=1S/C17H20O4S/c1-13(2)11-12-21-15-5-9-17(10-6-15)22(19,20)16-7-3-14(18)4-8-16/h3-10,13,18H,11-12H2,1-2H3. The van der Waals surface area contributed by atoms with Crippen molar-refractivity contribution >= 4 is 9.84 Å². The van der Waals surface area contributed by atoms with E-state index in [2.05, 4.69) is 13.8 Å². The Bertz CT molecular complexity index is 701. The highest BCUT2D eigenvalue weighted by Gasteiger charge is 2.17. The quantitative estimate of drug-likeness (QED) is 0.882. The van der Waals surface area contributed by atoms with Crippen molar-refractivity contribution in [3.63, 3.8) is 0 Å². The molecule has 0 amide bonds. The Morgan fingerprint density at radius 1 is 0.955 bits per heavy atom. The van der Waals surface area contributed by atoms with E-state index in [9.17, 15) is 13.5 Å². The summed E-state index contributed by atoms with van der Waals surface area (Å²) in [6, 6.07) is 11.9. The Hall–Kier alpha value is -2.01. The maximum Gasteiger partial charge on any atom is 0.206 e. The van der Waals surface area contributed by atoms with Crippen LogP contribution in [0.4, 0.5) is 0 Å². The number of benzene rings is 2. The van der Waals surface area contributed by atoms with Gasteiger partial charge < -0.3 is 9.84 Å². The lowest BCUT2D eigenvalue weighted by Gasteiger charge is -2.09. The highest BCUT2D eigenvalue weighted by Crippen LogP contribution is 2.24. The van der Waals surface area contributed by atoms with Gasteiger partial charge in [0, 0.05) is 0 Å². The van der Waals surface area contributed by atoms with E-state index >= 15 is 0 Å². The molecule has 0 atom stereocenters. The molecule has 0 fully saturated rings. The van der Waals surface area contributed by atoms with Crippen LogP contribution in [0.15, 0.2) is 58.3 Å². The molecule has 0 heterocycles. The maximum atomic E-state index is 12.4. The van der Waals surface area contributed by atoms with Crippen molar-refractivity contribution < 1.29 is 18.3 Å². The molecule has 0 aliphatic heterocycles. The second-order valence-electron chi connectivity index (χ2n) is 5.50. The van der Waals surface area contributed by atoms with Crippen LogP contribution in [-0.4, -0.2) is 20.1 Å². The molecule has 118 valence electrons. The van der Waals surface area contributed by atoms with Crippen molar-refractivity contribution in [2.24, 2.45) is 5.92 Å². The van der Waals surface area contributed by atoms with Crippen molar-refractivity contribution in [2.75, 3.05) is 6.61 Å². The number of hydrogen-bond acceptors (Lipinski definition) is 4. The Kier molecular flexibility index (Phi) is 5.08. The van der Waals surface area contributed by atoms with Gasteiger partial charge >= 0.3 is 0 Å². The molecule has 0 spiro atoms. The molecule has 1 N–H and O–H groups in total. The third-order valence-corrected chi connectivity index (χ3v) is 5.03. The van der Waals surface area contributed by atoms with Crippen LogP contribution in [0.3, 0.4) is 0 Å². The van der Waals surface area contributed by atoms with Crippen molar-refractivity contribution in [3.05, 3.63) is 48.5 Å². The minimum atomic E-state index is -3.57. The zero-order chi connectivity index (χ0) is 16.2. The number of hydrogen-bond donors (Lipinski definition) is 1. The topological polar surface area (TPSA) is 63.6 Å². The summed E-state index contributed by atoms with van der Waals surface area (Å²) < 4.78 is 30.5. The molecule has 5 heteroatoms. The molecule has 0 unspecified atom stereocenters. The maximum absolute atomic E-state index is 12.4. The van der Waals surface area contributed by atoms with Crippen LogP contribution in [0.5, 0.6) is 11.5 Å². The van der Waals surface area contributed by atoms with E-state index < -0.39 is 9.84 Å². The van der Waals surface area contributed by atoms with Crippen molar-refractivity contribution in [2.45, 2.75) is 30.1 Å². The van der Waals surface area contributed by atoms with Crippen molar-refractivity contribution in [3.8, 4) is 11.5 Å². The van der Waals surface area contributed by atoms with Gasteiger partial charge in [-0.05, 0) is 60.9 Å². The van der Waals surface area contributed by atoms with Crippen LogP contribution in [0.25, 0.3) is 0 Å². The highest BCUT2D eigenvalue weighted by molar-refractivity contribution is 7.91. The SMILES string of the molecule is CC(C)CCOc1ccc(S(=O)(=O)c2ccc(O)cc2)cc1. The van der Waals surface area contributed by atoms with Gasteiger partial charge in [-0.1, -0.05) is 13.8 Å². The molecule has 4 nitrogen and oxygen atoms in total. The number of rotatable bonds is 6. The van der Waals surface area contributed by atoms with E-state index in [4.69, 9.17) is 4.74 Å². The molecule has 2 rings (SSSR count). The lowest BCUT2D eigenvalue weighted by atomic mass is 10.1. The van der Waals surface area contributed by atoms with Crippen molar-refractivity contribution in [1.29, 1.82) is 0 Å². The molecule has 2 aromatic carbocycles. The molecule has 0 aliphatic rings. The first-order valence-corrected chi connectivity index (χ1v) is 8.65. The van der Waals surface area contributed by atoms with Crippen LogP contribution < -0.4 is 4.74 Å². The Labute approximate surface area is 131 Å². The molecule has 0 saturated heterocycles. The van der Waals surface area contributed by atoms with E-state index in [-0.39, 0.29) is 15.5 Å². The van der Waals surface area contributed by atoms with Crippen LogP contribution in [0.1, 0.15) is 20.3 Å². The summed E-state index contributed by atoms with van der Waals surface area (Å²) in [6.07, 6.45) is 0.952. The molecular weight excluding hydrogens is 300 g/mol. The summed E-state index contributed by atoms with van der Waals surface area (Å²) in [5, 5.41) is 9.24. The number of phenols is 1. The van der Waals surface area contributed by atoms with Gasteiger partial charge in [-0.3, -0.25) is 0 Å². The molecule has 0 radical (unpaired) electrons. The van der Waals surface area contributed by atoms with Crippen molar-refractivity contribution in [1.82, 2.24) is 0 Å². The van der Waals surface area contributed by atoms with E-state index in [0.29, 0.717) is 18.3 Å². The van der Waals surface area contributed by atoms with Gasteiger partial charge in [0.05, 0.1) is 16.4 Å². The van der Waals surface area contributed by atoms with Gasteiger partial charge in [0.25, 0.3) is 0 Å². The number of phenolic OH excluding ortho intramolecular Hbond substituents is 1. The third-order valence-electron chi connectivity index (χ3n) is 3.24. The number of ether oxygens (including phenoxy) is 1. The molecule has 2 aromatic rings. The molecular formula is C17H20O4S. The summed E-state index contributed by atoms with van der Waals surface area (Å²) in [4.78, 5) is 0.355. The van der Waals surface area contributed by atoms with Gasteiger partial charge in [0.15, 0.2) is 0 Å². The summed E-state index contributed by atoms with van der Waals surface area (Å²) in [7, 11) is -3.57. The molecule has 0 aliphatic carbocycles. The summed E-state index contributed by atoms with van der Waals surface area (Å²) in [5.41, 5.74) is 0. The molecule has 0 bridgehead atoms. The van der Waals surface area contributed by atoms with E-state index in [1.54, 1.807) is 12.1 Å². The fourth-order valence-corrected chi connectivity index (χ4v) is 3.15. The summed E-state index contributed by atoms with van der Waals surface area (Å²) in [6.45, 7) is 4.86. The predicted molar refractivity (Wildman–Crippen MR) is 85.0 cm³/mol. The average Bonchev–Trinajstić information content (AvgIpc) is 2.48. The zero-order valence-electron chi connectivity index (χ0n) is 12.7. The summed E-state index contributed by atoms with van der Waals surface area (Å²) in [5.74, 6) is 1.26. The lowest BCUT2D eigenvalue weighted by Crippen LogP contribution is -2.03. The second-order valence-corrected chi connectivity index (χ2v) is 7.45. The van der Waals surface area contributed by atoms with Crippen LogP contribution in [0, 0.1) is 5.92 Å². The van der Waals surface area contributed by atoms with Gasteiger partial charge in [-0.25, -0.2) is 8.42 Å². The Morgan fingerprint density at radius 2 is 1.45 bits per heavy atom. The number of aromatic hydroxyl groups is 1. The first-order chi connectivity index (χ1) is 10.4. The van der Waals surface area contributed by atoms with Gasteiger partial charge in [0.1, 0.15) is 11.5 Å². The Balaban J connectivity index is 2.13. The second kappa shape index (κ2) is 6.83. The molecule has 0 saturated carbocycles. The normalized spacial score (nSPS) is 11.6.